The van der Waals surface area contributed by atoms with Crippen LogP contribution in [0.5, 0.6) is 11.5 Å². The molecule has 0 aromatic heterocycles. The van der Waals surface area contributed by atoms with Crippen molar-refractivity contribution in [2.75, 3.05) is 20.6 Å². The Labute approximate surface area is 83.0 Å². The Bertz CT molecular complexity index is 312. The molecule has 0 aliphatic rings. The van der Waals surface area contributed by atoms with E-state index in [1.54, 1.807) is 4.90 Å². The fourth-order valence-electron chi connectivity index (χ4n) is 1.25. The van der Waals surface area contributed by atoms with Crippen molar-refractivity contribution < 1.29 is 15.3 Å². The van der Waals surface area contributed by atoms with Crippen molar-refractivity contribution in [3.8, 4) is 11.5 Å². The van der Waals surface area contributed by atoms with Crippen molar-refractivity contribution in [2.45, 2.75) is 6.10 Å². The molecule has 1 rings (SSSR count). The van der Waals surface area contributed by atoms with Gasteiger partial charge < -0.3 is 20.2 Å². The lowest BCUT2D eigenvalue weighted by Gasteiger charge is -2.17. The zero-order valence-electron chi connectivity index (χ0n) is 8.31. The summed E-state index contributed by atoms with van der Waals surface area (Å²) in [5, 5.41) is 28.3. The van der Waals surface area contributed by atoms with E-state index in [9.17, 15) is 15.3 Å². The number of rotatable bonds is 3. The van der Waals surface area contributed by atoms with E-state index in [1.807, 2.05) is 14.1 Å². The number of aliphatic hydroxyl groups is 1. The van der Waals surface area contributed by atoms with Crippen molar-refractivity contribution >= 4 is 0 Å². The van der Waals surface area contributed by atoms with Gasteiger partial charge in [0.1, 0.15) is 11.5 Å². The first-order valence-electron chi connectivity index (χ1n) is 4.35. The van der Waals surface area contributed by atoms with Gasteiger partial charge in [-0.15, -0.1) is 0 Å². The lowest BCUT2D eigenvalue weighted by atomic mass is 10.1. The standard InChI is InChI=1S/C10H15NO3/c1-11(2)6-10(14)8-5-7(12)3-4-9(8)13/h3-5,10,12-14H,6H2,1-2H3. The molecule has 0 fully saturated rings. The summed E-state index contributed by atoms with van der Waals surface area (Å²) < 4.78 is 0. The third-order valence-corrected chi connectivity index (χ3v) is 1.91. The van der Waals surface area contributed by atoms with Gasteiger partial charge in [-0.1, -0.05) is 0 Å². The molecule has 4 heteroatoms. The van der Waals surface area contributed by atoms with Gasteiger partial charge in [0.25, 0.3) is 0 Å². The fraction of sp³-hybridized carbons (Fsp3) is 0.400. The summed E-state index contributed by atoms with van der Waals surface area (Å²) in [5.41, 5.74) is 0.346. The number of aromatic hydroxyl groups is 2. The minimum atomic E-state index is -0.794. The van der Waals surface area contributed by atoms with Crippen LogP contribution in [0.15, 0.2) is 18.2 Å². The first-order valence-corrected chi connectivity index (χ1v) is 4.35. The van der Waals surface area contributed by atoms with Crippen molar-refractivity contribution in [3.63, 3.8) is 0 Å². The van der Waals surface area contributed by atoms with Crippen LogP contribution >= 0.6 is 0 Å². The summed E-state index contributed by atoms with van der Waals surface area (Å²) in [6.45, 7) is 0.400. The third kappa shape index (κ3) is 2.61. The van der Waals surface area contributed by atoms with Gasteiger partial charge in [0.15, 0.2) is 0 Å². The highest BCUT2D eigenvalue weighted by molar-refractivity contribution is 5.40. The lowest BCUT2D eigenvalue weighted by Crippen LogP contribution is -2.20. The minimum Gasteiger partial charge on any atom is -0.508 e. The Morgan fingerprint density at radius 2 is 1.93 bits per heavy atom. The minimum absolute atomic E-state index is 0.00264. The molecule has 14 heavy (non-hydrogen) atoms. The van der Waals surface area contributed by atoms with Gasteiger partial charge in [0.05, 0.1) is 6.10 Å². The topological polar surface area (TPSA) is 63.9 Å². The largest absolute Gasteiger partial charge is 0.508 e. The van der Waals surface area contributed by atoms with E-state index in [0.717, 1.165) is 0 Å². The number of nitrogens with zero attached hydrogens (tertiary/aromatic N) is 1. The molecule has 1 atom stereocenters. The van der Waals surface area contributed by atoms with Crippen LogP contribution in [0.1, 0.15) is 11.7 Å². The summed E-state index contributed by atoms with van der Waals surface area (Å²) >= 11 is 0. The predicted octanol–water partition coefficient (Wildman–Crippen LogP) is 0.693. The van der Waals surface area contributed by atoms with Crippen LogP contribution in [-0.4, -0.2) is 40.9 Å². The number of phenolic OH excluding ortho intramolecular Hbond substituents is 2. The number of hydrogen-bond donors (Lipinski definition) is 3. The summed E-state index contributed by atoms with van der Waals surface area (Å²) in [5.74, 6) is 0.0350. The quantitative estimate of drug-likeness (QED) is 0.624. The highest BCUT2D eigenvalue weighted by atomic mass is 16.3. The molecule has 1 unspecified atom stereocenters. The van der Waals surface area contributed by atoms with Crippen LogP contribution in [-0.2, 0) is 0 Å². The fourth-order valence-corrected chi connectivity index (χ4v) is 1.25. The number of benzene rings is 1. The molecule has 0 heterocycles. The van der Waals surface area contributed by atoms with Gasteiger partial charge in [0.2, 0.25) is 0 Å². The molecule has 0 saturated carbocycles. The van der Waals surface area contributed by atoms with Crippen LogP contribution in [0.25, 0.3) is 0 Å². The second-order valence-corrected chi connectivity index (χ2v) is 3.52. The molecule has 0 aliphatic carbocycles. The molecular formula is C10H15NO3. The Kier molecular flexibility index (Phi) is 3.33. The summed E-state index contributed by atoms with van der Waals surface area (Å²) in [4.78, 5) is 1.80. The van der Waals surface area contributed by atoms with E-state index >= 15 is 0 Å². The molecule has 0 saturated heterocycles. The summed E-state index contributed by atoms with van der Waals surface area (Å²) in [7, 11) is 3.64. The number of phenols is 2. The molecule has 1 aromatic rings. The van der Waals surface area contributed by atoms with Crippen LogP contribution in [0.3, 0.4) is 0 Å². The Morgan fingerprint density at radius 1 is 1.29 bits per heavy atom. The van der Waals surface area contributed by atoms with Gasteiger partial charge in [-0.2, -0.15) is 0 Å². The zero-order chi connectivity index (χ0) is 10.7. The van der Waals surface area contributed by atoms with E-state index < -0.39 is 6.10 Å². The highest BCUT2D eigenvalue weighted by Crippen LogP contribution is 2.27. The maximum absolute atomic E-state index is 9.68. The van der Waals surface area contributed by atoms with Gasteiger partial charge >= 0.3 is 0 Å². The molecule has 3 N–H and O–H groups in total. The van der Waals surface area contributed by atoms with Crippen LogP contribution in [0, 0.1) is 0 Å². The van der Waals surface area contributed by atoms with Crippen molar-refractivity contribution in [1.82, 2.24) is 4.90 Å². The average molecular weight is 197 g/mol. The monoisotopic (exact) mass is 197 g/mol. The van der Waals surface area contributed by atoms with Crippen molar-refractivity contribution in [1.29, 1.82) is 0 Å². The smallest absolute Gasteiger partial charge is 0.121 e. The summed E-state index contributed by atoms with van der Waals surface area (Å²) in [6, 6.07) is 4.11. The molecule has 0 bridgehead atoms. The van der Waals surface area contributed by atoms with E-state index in [-0.39, 0.29) is 11.5 Å². The molecule has 0 spiro atoms. The van der Waals surface area contributed by atoms with Crippen LogP contribution in [0.4, 0.5) is 0 Å². The molecule has 1 aromatic carbocycles. The first kappa shape index (κ1) is 10.8. The van der Waals surface area contributed by atoms with Crippen molar-refractivity contribution in [2.24, 2.45) is 0 Å². The van der Waals surface area contributed by atoms with Crippen LogP contribution in [0.2, 0.25) is 0 Å². The van der Waals surface area contributed by atoms with E-state index in [4.69, 9.17) is 0 Å². The molecule has 0 aliphatic heterocycles. The second kappa shape index (κ2) is 4.30. The average Bonchev–Trinajstić information content (AvgIpc) is 2.08. The third-order valence-electron chi connectivity index (χ3n) is 1.91. The maximum atomic E-state index is 9.68. The van der Waals surface area contributed by atoms with Gasteiger partial charge in [0, 0.05) is 12.1 Å². The SMILES string of the molecule is CN(C)CC(O)c1cc(O)ccc1O. The van der Waals surface area contributed by atoms with Crippen molar-refractivity contribution in [3.05, 3.63) is 23.8 Å². The zero-order valence-corrected chi connectivity index (χ0v) is 8.31. The number of aliphatic hydroxyl groups excluding tert-OH is 1. The second-order valence-electron chi connectivity index (χ2n) is 3.52. The Hall–Kier alpha value is -1.26. The number of hydrogen-bond acceptors (Lipinski definition) is 4. The lowest BCUT2D eigenvalue weighted by molar-refractivity contribution is 0.135. The molecule has 0 amide bonds. The normalized spacial score (nSPS) is 13.1. The summed E-state index contributed by atoms with van der Waals surface area (Å²) in [6.07, 6.45) is -0.794. The van der Waals surface area contributed by atoms with E-state index in [2.05, 4.69) is 0 Å². The predicted molar refractivity (Wildman–Crippen MR) is 53.3 cm³/mol. The van der Waals surface area contributed by atoms with Crippen LogP contribution < -0.4 is 0 Å². The van der Waals surface area contributed by atoms with E-state index in [1.165, 1.54) is 18.2 Å². The highest BCUT2D eigenvalue weighted by Gasteiger charge is 2.13. The van der Waals surface area contributed by atoms with Gasteiger partial charge in [-0.3, -0.25) is 0 Å². The molecular weight excluding hydrogens is 182 g/mol. The van der Waals surface area contributed by atoms with Gasteiger partial charge in [-0.25, -0.2) is 0 Å². The maximum Gasteiger partial charge on any atom is 0.121 e. The molecule has 4 nitrogen and oxygen atoms in total. The Morgan fingerprint density at radius 3 is 2.50 bits per heavy atom. The number of likely N-dealkylation sites (N-methyl/N-ethyl adjacent to an activating group) is 1. The molecule has 0 radical (unpaired) electrons. The van der Waals surface area contributed by atoms with E-state index in [0.29, 0.717) is 12.1 Å². The molecule has 78 valence electrons. The first-order chi connectivity index (χ1) is 6.50. The van der Waals surface area contributed by atoms with Gasteiger partial charge in [-0.05, 0) is 32.3 Å². The Balaban J connectivity index is 2.88.